The summed E-state index contributed by atoms with van der Waals surface area (Å²) in [5.74, 6) is -0.558. The highest BCUT2D eigenvalue weighted by Gasteiger charge is 2.50. The third-order valence-corrected chi connectivity index (χ3v) is 6.34. The molecule has 1 aromatic rings. The average Bonchev–Trinajstić information content (AvgIpc) is 3.26. The van der Waals surface area contributed by atoms with Gasteiger partial charge in [0.1, 0.15) is 30.5 Å². The van der Waals surface area contributed by atoms with Gasteiger partial charge in [-0.2, -0.15) is 0 Å². The second-order valence-electron chi connectivity index (χ2n) is 7.71. The lowest BCUT2D eigenvalue weighted by atomic mass is 9.80. The lowest BCUT2D eigenvalue weighted by Crippen LogP contribution is -2.66. The first-order chi connectivity index (χ1) is 14.2. The monoisotopic (exact) mass is 449 g/mol. The zero-order chi connectivity index (χ0) is 22.1. The summed E-state index contributed by atoms with van der Waals surface area (Å²) in [5, 5.41) is 74.4. The molecule has 2 heterocycles. The molecule has 11 nitrogen and oxygen atoms in total. The number of carbonyl (C=O) groups excluding carboxylic acids is 1. The SMILES string of the molecule is O=C(N[C@H]1[C@@H](O[C@@H]2C[C@](O)(CO)C[C@@H](O)[C@H]2O)O[C@H](CO)[C@@H](O)[C@@H]1O)c1cccs1. The van der Waals surface area contributed by atoms with E-state index in [2.05, 4.69) is 5.32 Å². The molecule has 1 aliphatic carbocycles. The molecule has 9 atom stereocenters. The Morgan fingerprint density at radius 2 is 1.93 bits per heavy atom. The van der Waals surface area contributed by atoms with Crippen LogP contribution in [0.2, 0.25) is 0 Å². The highest BCUT2D eigenvalue weighted by molar-refractivity contribution is 7.12. The minimum atomic E-state index is -1.71. The van der Waals surface area contributed by atoms with Gasteiger partial charge >= 0.3 is 0 Å². The van der Waals surface area contributed by atoms with Gasteiger partial charge < -0.3 is 50.5 Å². The van der Waals surface area contributed by atoms with E-state index in [0.29, 0.717) is 4.88 Å². The molecule has 1 amide bonds. The predicted molar refractivity (Wildman–Crippen MR) is 101 cm³/mol. The van der Waals surface area contributed by atoms with Gasteiger partial charge in [-0.1, -0.05) is 6.07 Å². The molecule has 170 valence electrons. The number of carbonyl (C=O) groups is 1. The summed E-state index contributed by atoms with van der Waals surface area (Å²) < 4.78 is 11.2. The van der Waals surface area contributed by atoms with E-state index in [9.17, 15) is 40.5 Å². The quantitative estimate of drug-likeness (QED) is 0.221. The fourth-order valence-electron chi connectivity index (χ4n) is 3.75. The van der Waals surface area contributed by atoms with Crippen LogP contribution in [0.1, 0.15) is 22.5 Å². The highest BCUT2D eigenvalue weighted by atomic mass is 32.1. The third-order valence-electron chi connectivity index (χ3n) is 5.47. The molecule has 12 heteroatoms. The zero-order valence-electron chi connectivity index (χ0n) is 15.9. The summed E-state index contributed by atoms with van der Waals surface area (Å²) in [6.45, 7) is -1.33. The standard InChI is InChI=1S/C18H27NO10S/c20-6-10-14(24)15(25)12(19-16(26)11-2-1-3-30-11)17(29-10)28-9-5-18(27,7-21)4-8(22)13(9)23/h1-3,8-10,12-15,17,20-25,27H,4-7H2,(H,19,26)/t8-,9-,10-,12-,13-,14-,15-,17+,18+/m1/s1. The Bertz CT molecular complexity index is 705. The van der Waals surface area contributed by atoms with Gasteiger partial charge in [0.2, 0.25) is 0 Å². The molecule has 1 aromatic heterocycles. The molecule has 1 saturated carbocycles. The van der Waals surface area contributed by atoms with Crippen molar-refractivity contribution in [2.24, 2.45) is 0 Å². The summed E-state index contributed by atoms with van der Waals surface area (Å²) in [6.07, 6.45) is -10.4. The normalized spacial score (nSPS) is 42.1. The van der Waals surface area contributed by atoms with Crippen molar-refractivity contribution in [1.29, 1.82) is 0 Å². The van der Waals surface area contributed by atoms with E-state index in [1.54, 1.807) is 17.5 Å². The molecule has 0 bridgehead atoms. The summed E-state index contributed by atoms with van der Waals surface area (Å²) in [4.78, 5) is 12.8. The van der Waals surface area contributed by atoms with Gasteiger partial charge in [0.05, 0.1) is 35.9 Å². The lowest BCUT2D eigenvalue weighted by Gasteiger charge is -2.46. The van der Waals surface area contributed by atoms with Crippen LogP contribution in [0.15, 0.2) is 17.5 Å². The van der Waals surface area contributed by atoms with E-state index in [4.69, 9.17) is 9.47 Å². The second-order valence-corrected chi connectivity index (χ2v) is 8.65. The van der Waals surface area contributed by atoms with Crippen molar-refractivity contribution >= 4 is 17.2 Å². The molecule has 0 aromatic carbocycles. The number of nitrogens with one attached hydrogen (secondary N) is 1. The Kier molecular flexibility index (Phi) is 7.45. The van der Waals surface area contributed by atoms with Crippen LogP contribution in [0.25, 0.3) is 0 Å². The van der Waals surface area contributed by atoms with Crippen molar-refractivity contribution in [3.05, 3.63) is 22.4 Å². The third kappa shape index (κ3) is 4.83. The molecule has 3 rings (SSSR count). The highest BCUT2D eigenvalue weighted by Crippen LogP contribution is 2.33. The number of thiophene rings is 1. The number of amides is 1. The second kappa shape index (κ2) is 9.53. The Balaban J connectivity index is 1.81. The van der Waals surface area contributed by atoms with Crippen LogP contribution >= 0.6 is 11.3 Å². The van der Waals surface area contributed by atoms with Crippen LogP contribution in [0, 0.1) is 0 Å². The molecule has 2 aliphatic rings. The van der Waals surface area contributed by atoms with Gasteiger partial charge in [0.25, 0.3) is 5.91 Å². The largest absolute Gasteiger partial charge is 0.394 e. The van der Waals surface area contributed by atoms with Crippen molar-refractivity contribution in [3.63, 3.8) is 0 Å². The van der Waals surface area contributed by atoms with Crippen molar-refractivity contribution in [2.75, 3.05) is 13.2 Å². The Labute approximate surface area is 176 Å². The fraction of sp³-hybridized carbons (Fsp3) is 0.722. The Hall–Kier alpha value is -1.19. The Morgan fingerprint density at radius 1 is 1.20 bits per heavy atom. The minimum absolute atomic E-state index is 0.254. The molecule has 0 unspecified atom stereocenters. The number of hydrogen-bond acceptors (Lipinski definition) is 11. The summed E-state index contributed by atoms with van der Waals surface area (Å²) in [6, 6.07) is 1.93. The molecule has 0 spiro atoms. The van der Waals surface area contributed by atoms with Crippen LogP contribution in [-0.2, 0) is 9.47 Å². The maximum absolute atomic E-state index is 12.5. The minimum Gasteiger partial charge on any atom is -0.394 e. The first kappa shape index (κ1) is 23.5. The van der Waals surface area contributed by atoms with Gasteiger partial charge in [-0.3, -0.25) is 4.79 Å². The van der Waals surface area contributed by atoms with Crippen molar-refractivity contribution in [2.45, 2.75) is 67.4 Å². The van der Waals surface area contributed by atoms with E-state index >= 15 is 0 Å². The topological polar surface area (TPSA) is 189 Å². The van der Waals surface area contributed by atoms with E-state index in [0.717, 1.165) is 11.3 Å². The van der Waals surface area contributed by atoms with Crippen molar-refractivity contribution < 1.29 is 50.0 Å². The molecule has 0 radical (unpaired) electrons. The van der Waals surface area contributed by atoms with Crippen molar-refractivity contribution in [3.8, 4) is 0 Å². The molecule has 1 saturated heterocycles. The van der Waals surface area contributed by atoms with Crippen molar-refractivity contribution in [1.82, 2.24) is 5.32 Å². The Morgan fingerprint density at radius 3 is 2.53 bits per heavy atom. The molecule has 30 heavy (non-hydrogen) atoms. The molecular weight excluding hydrogens is 422 g/mol. The van der Waals surface area contributed by atoms with E-state index < -0.39 is 73.7 Å². The van der Waals surface area contributed by atoms with Crippen LogP contribution in [-0.4, -0.2) is 109 Å². The maximum Gasteiger partial charge on any atom is 0.261 e. The summed E-state index contributed by atoms with van der Waals surface area (Å²) >= 11 is 1.16. The van der Waals surface area contributed by atoms with E-state index in [-0.39, 0.29) is 12.8 Å². The molecular formula is C18H27NO10S. The fourth-order valence-corrected chi connectivity index (χ4v) is 4.38. The number of hydrogen-bond donors (Lipinski definition) is 8. The van der Waals surface area contributed by atoms with E-state index in [1.807, 2.05) is 0 Å². The molecule has 8 N–H and O–H groups in total. The number of ether oxygens (including phenoxy) is 2. The van der Waals surface area contributed by atoms with Crippen LogP contribution in [0.5, 0.6) is 0 Å². The van der Waals surface area contributed by atoms with Gasteiger partial charge in [-0.05, 0) is 11.4 Å². The summed E-state index contributed by atoms with van der Waals surface area (Å²) in [5.41, 5.74) is -1.71. The first-order valence-electron chi connectivity index (χ1n) is 9.51. The van der Waals surface area contributed by atoms with Gasteiger partial charge in [-0.25, -0.2) is 0 Å². The van der Waals surface area contributed by atoms with Crippen LogP contribution in [0.4, 0.5) is 0 Å². The maximum atomic E-state index is 12.5. The van der Waals surface area contributed by atoms with Crippen LogP contribution < -0.4 is 5.32 Å². The summed E-state index contributed by atoms with van der Waals surface area (Å²) in [7, 11) is 0. The first-order valence-corrected chi connectivity index (χ1v) is 10.4. The number of rotatable bonds is 6. The average molecular weight is 449 g/mol. The predicted octanol–water partition coefficient (Wildman–Crippen LogP) is -3.09. The molecule has 1 aliphatic heterocycles. The van der Waals surface area contributed by atoms with Crippen LogP contribution in [0.3, 0.4) is 0 Å². The van der Waals surface area contributed by atoms with Gasteiger partial charge in [0, 0.05) is 12.8 Å². The number of aliphatic hydroxyl groups excluding tert-OH is 6. The number of aliphatic hydroxyl groups is 7. The van der Waals surface area contributed by atoms with E-state index in [1.165, 1.54) is 0 Å². The van der Waals surface area contributed by atoms with Gasteiger partial charge in [-0.15, -0.1) is 11.3 Å². The zero-order valence-corrected chi connectivity index (χ0v) is 16.8. The lowest BCUT2D eigenvalue weighted by molar-refractivity contribution is -0.302. The smallest absolute Gasteiger partial charge is 0.261 e. The van der Waals surface area contributed by atoms with Gasteiger partial charge in [0.15, 0.2) is 6.29 Å². The molecule has 2 fully saturated rings.